The maximum Gasteiger partial charge on any atom is 0.245 e. The maximum atomic E-state index is 5.44. The van der Waals surface area contributed by atoms with Gasteiger partial charge >= 0.3 is 0 Å². The monoisotopic (exact) mass is 264 g/mol. The van der Waals surface area contributed by atoms with Gasteiger partial charge in [-0.05, 0) is 32.6 Å². The minimum atomic E-state index is 0.361. The standard InChI is InChI=1S/C14H24N4O/c1-5-12-13(6-2)16-17-14(15-12)18-8-7-11(19-4)9-10(18)3/h10-11H,5-9H2,1-4H3. The molecule has 5 nitrogen and oxygen atoms in total. The zero-order chi connectivity index (χ0) is 13.8. The van der Waals surface area contributed by atoms with E-state index < -0.39 is 0 Å². The molecule has 0 saturated carbocycles. The van der Waals surface area contributed by atoms with Gasteiger partial charge in [-0.3, -0.25) is 0 Å². The first kappa shape index (κ1) is 14.2. The minimum absolute atomic E-state index is 0.361. The van der Waals surface area contributed by atoms with Crippen LogP contribution in [-0.4, -0.2) is 41.0 Å². The highest BCUT2D eigenvalue weighted by Gasteiger charge is 2.27. The molecule has 0 N–H and O–H groups in total. The normalized spacial score (nSPS) is 23.7. The highest BCUT2D eigenvalue weighted by molar-refractivity contribution is 5.33. The summed E-state index contributed by atoms with van der Waals surface area (Å²) in [5.41, 5.74) is 2.10. The summed E-state index contributed by atoms with van der Waals surface area (Å²) in [7, 11) is 1.79. The molecule has 0 aromatic carbocycles. The van der Waals surface area contributed by atoms with Crippen molar-refractivity contribution in [1.82, 2.24) is 15.2 Å². The second kappa shape index (κ2) is 6.28. The number of aromatic nitrogens is 3. The topological polar surface area (TPSA) is 51.1 Å². The second-order valence-corrected chi connectivity index (χ2v) is 5.14. The molecule has 1 aromatic rings. The van der Waals surface area contributed by atoms with E-state index in [4.69, 9.17) is 9.72 Å². The van der Waals surface area contributed by atoms with Gasteiger partial charge in [-0.2, -0.15) is 5.10 Å². The van der Waals surface area contributed by atoms with Crippen LogP contribution in [0.2, 0.25) is 0 Å². The van der Waals surface area contributed by atoms with Gasteiger partial charge in [-0.1, -0.05) is 13.8 Å². The zero-order valence-corrected chi connectivity index (χ0v) is 12.4. The van der Waals surface area contributed by atoms with E-state index in [2.05, 4.69) is 35.9 Å². The summed E-state index contributed by atoms with van der Waals surface area (Å²) in [6, 6.07) is 0.401. The lowest BCUT2D eigenvalue weighted by molar-refractivity contribution is 0.0717. The van der Waals surface area contributed by atoms with Crippen molar-refractivity contribution in [2.45, 2.75) is 58.6 Å². The number of hydrogen-bond acceptors (Lipinski definition) is 5. The molecule has 2 rings (SSSR count). The van der Waals surface area contributed by atoms with Gasteiger partial charge < -0.3 is 9.64 Å². The van der Waals surface area contributed by atoms with Crippen LogP contribution in [-0.2, 0) is 17.6 Å². The Morgan fingerprint density at radius 2 is 1.95 bits per heavy atom. The third-order valence-corrected chi connectivity index (χ3v) is 3.92. The molecule has 0 amide bonds. The van der Waals surface area contributed by atoms with Crippen LogP contribution in [0.3, 0.4) is 0 Å². The molecule has 5 heteroatoms. The van der Waals surface area contributed by atoms with Gasteiger partial charge in [0.05, 0.1) is 17.5 Å². The summed E-state index contributed by atoms with van der Waals surface area (Å²) in [4.78, 5) is 6.95. The van der Waals surface area contributed by atoms with Crippen molar-refractivity contribution in [2.24, 2.45) is 0 Å². The quantitative estimate of drug-likeness (QED) is 0.832. The van der Waals surface area contributed by atoms with Crippen molar-refractivity contribution in [1.29, 1.82) is 0 Å². The SMILES string of the molecule is CCc1nnc(N2CCC(OC)CC2C)nc1CC. The molecule has 1 aliphatic heterocycles. The van der Waals surface area contributed by atoms with E-state index in [0.29, 0.717) is 12.1 Å². The summed E-state index contributed by atoms with van der Waals surface area (Å²) in [5.74, 6) is 0.774. The number of rotatable bonds is 4. The predicted octanol–water partition coefficient (Wildman–Crippen LogP) is 2.00. The van der Waals surface area contributed by atoms with E-state index in [-0.39, 0.29) is 0 Å². The number of methoxy groups -OCH3 is 1. The lowest BCUT2D eigenvalue weighted by Gasteiger charge is -2.37. The van der Waals surface area contributed by atoms with E-state index in [1.165, 1.54) is 0 Å². The highest BCUT2D eigenvalue weighted by atomic mass is 16.5. The number of piperidine rings is 1. The summed E-state index contributed by atoms with van der Waals surface area (Å²) in [6.07, 6.45) is 4.22. The van der Waals surface area contributed by atoms with Gasteiger partial charge in [0.2, 0.25) is 5.95 Å². The Hall–Kier alpha value is -1.23. The number of ether oxygens (including phenoxy) is 1. The number of anilines is 1. The summed E-state index contributed by atoms with van der Waals surface area (Å²) >= 11 is 0. The van der Waals surface area contributed by atoms with Gasteiger partial charge in [-0.25, -0.2) is 4.98 Å². The first-order valence-electron chi connectivity index (χ1n) is 7.21. The van der Waals surface area contributed by atoms with Crippen LogP contribution in [0.4, 0.5) is 5.95 Å². The molecule has 0 spiro atoms. The molecular formula is C14H24N4O. The largest absolute Gasteiger partial charge is 0.381 e. The Morgan fingerprint density at radius 1 is 1.21 bits per heavy atom. The molecule has 106 valence electrons. The predicted molar refractivity (Wildman–Crippen MR) is 75.4 cm³/mol. The lowest BCUT2D eigenvalue weighted by Crippen LogP contribution is -2.44. The number of hydrogen-bond donors (Lipinski definition) is 0. The minimum Gasteiger partial charge on any atom is -0.381 e. The van der Waals surface area contributed by atoms with Gasteiger partial charge in [0, 0.05) is 19.7 Å². The third kappa shape index (κ3) is 3.03. The molecule has 2 atom stereocenters. The molecule has 0 radical (unpaired) electrons. The maximum absolute atomic E-state index is 5.44. The fourth-order valence-electron chi connectivity index (χ4n) is 2.69. The van der Waals surface area contributed by atoms with Crippen molar-refractivity contribution in [3.8, 4) is 0 Å². The Bertz CT molecular complexity index is 424. The van der Waals surface area contributed by atoms with Gasteiger partial charge in [0.15, 0.2) is 0 Å². The summed E-state index contributed by atoms with van der Waals surface area (Å²) in [6.45, 7) is 7.36. The molecule has 0 aliphatic carbocycles. The smallest absolute Gasteiger partial charge is 0.245 e. The van der Waals surface area contributed by atoms with E-state index in [0.717, 1.165) is 49.6 Å². The van der Waals surface area contributed by atoms with Gasteiger partial charge in [0.25, 0.3) is 0 Å². The van der Waals surface area contributed by atoms with Crippen LogP contribution in [0.15, 0.2) is 0 Å². The molecule has 0 bridgehead atoms. The van der Waals surface area contributed by atoms with Crippen LogP contribution in [0.1, 0.15) is 45.0 Å². The number of nitrogens with zero attached hydrogens (tertiary/aromatic N) is 4. The van der Waals surface area contributed by atoms with Crippen LogP contribution in [0.5, 0.6) is 0 Å². The molecule has 1 aromatic heterocycles. The van der Waals surface area contributed by atoms with Crippen molar-refractivity contribution in [3.63, 3.8) is 0 Å². The van der Waals surface area contributed by atoms with E-state index >= 15 is 0 Å². The van der Waals surface area contributed by atoms with Gasteiger partial charge in [0.1, 0.15) is 0 Å². The second-order valence-electron chi connectivity index (χ2n) is 5.14. The van der Waals surface area contributed by atoms with Crippen molar-refractivity contribution in [2.75, 3.05) is 18.6 Å². The molecule has 2 unspecified atom stereocenters. The van der Waals surface area contributed by atoms with Crippen LogP contribution in [0.25, 0.3) is 0 Å². The first-order chi connectivity index (χ1) is 9.19. The van der Waals surface area contributed by atoms with Crippen molar-refractivity contribution >= 4 is 5.95 Å². The van der Waals surface area contributed by atoms with E-state index in [9.17, 15) is 0 Å². The van der Waals surface area contributed by atoms with E-state index in [1.807, 2.05) is 0 Å². The zero-order valence-electron chi connectivity index (χ0n) is 12.4. The van der Waals surface area contributed by atoms with Crippen LogP contribution in [0, 0.1) is 0 Å². The summed E-state index contributed by atoms with van der Waals surface area (Å²) < 4.78 is 5.44. The first-order valence-corrected chi connectivity index (χ1v) is 7.21. The number of aryl methyl sites for hydroxylation is 2. The average Bonchev–Trinajstić information content (AvgIpc) is 2.46. The van der Waals surface area contributed by atoms with E-state index in [1.54, 1.807) is 7.11 Å². The molecule has 1 fully saturated rings. The Kier molecular flexibility index (Phi) is 4.69. The summed E-state index contributed by atoms with van der Waals surface area (Å²) in [5, 5.41) is 8.64. The van der Waals surface area contributed by atoms with Gasteiger partial charge in [-0.15, -0.1) is 5.10 Å². The Balaban J connectivity index is 2.18. The van der Waals surface area contributed by atoms with Crippen LogP contribution >= 0.6 is 0 Å². The highest BCUT2D eigenvalue weighted by Crippen LogP contribution is 2.23. The molecule has 1 saturated heterocycles. The third-order valence-electron chi connectivity index (χ3n) is 3.92. The lowest BCUT2D eigenvalue weighted by atomic mass is 10.0. The molecular weight excluding hydrogens is 240 g/mol. The fourth-order valence-corrected chi connectivity index (χ4v) is 2.69. The molecule has 2 heterocycles. The fraction of sp³-hybridized carbons (Fsp3) is 0.786. The molecule has 1 aliphatic rings. The average molecular weight is 264 g/mol. The molecule has 19 heavy (non-hydrogen) atoms. The van der Waals surface area contributed by atoms with Crippen LogP contribution < -0.4 is 4.90 Å². The Labute approximate surface area is 115 Å². The van der Waals surface area contributed by atoms with Crippen molar-refractivity contribution < 1.29 is 4.74 Å². The Morgan fingerprint density at radius 3 is 2.53 bits per heavy atom. The van der Waals surface area contributed by atoms with Crippen molar-refractivity contribution in [3.05, 3.63) is 11.4 Å².